The lowest BCUT2D eigenvalue weighted by atomic mass is 9.89. The summed E-state index contributed by atoms with van der Waals surface area (Å²) in [6.45, 7) is 2.05. The molecule has 0 saturated heterocycles. The number of nitrogens with zero attached hydrogens (tertiary/aromatic N) is 1. The predicted octanol–water partition coefficient (Wildman–Crippen LogP) is 4.06. The van der Waals surface area contributed by atoms with Gasteiger partial charge in [-0.2, -0.15) is 0 Å². The van der Waals surface area contributed by atoms with Crippen LogP contribution in [0.5, 0.6) is 0 Å². The van der Waals surface area contributed by atoms with Crippen molar-refractivity contribution in [3.63, 3.8) is 0 Å². The van der Waals surface area contributed by atoms with Crippen molar-refractivity contribution < 1.29 is 9.59 Å². The molecule has 2 heterocycles. The number of carbonyl (C=O) groups excluding carboxylic acids is 2. The molecular weight excluding hydrogens is 362 g/mol. The molecule has 2 aliphatic rings. The van der Waals surface area contributed by atoms with E-state index < -0.39 is 0 Å². The summed E-state index contributed by atoms with van der Waals surface area (Å²) >= 11 is 0. The monoisotopic (exact) mass is 393 g/mol. The maximum absolute atomic E-state index is 12.9. The molecule has 1 aromatic heterocycles. The lowest BCUT2D eigenvalue weighted by Gasteiger charge is -2.22. The molecule has 5 heteroatoms. The Morgan fingerprint density at radius 2 is 1.72 bits per heavy atom. The fourth-order valence-corrected chi connectivity index (χ4v) is 4.65. The average Bonchev–Trinajstić information content (AvgIpc) is 3.17. The Balaban J connectivity index is 1.46. The average molecular weight is 394 g/mol. The van der Waals surface area contributed by atoms with Crippen LogP contribution >= 0.6 is 0 Å². The first kappa shape index (κ1) is 19.7. The van der Waals surface area contributed by atoms with Crippen molar-refractivity contribution in [3.8, 4) is 0 Å². The summed E-state index contributed by atoms with van der Waals surface area (Å²) in [4.78, 5) is 25.8. The number of aromatic nitrogens is 1. The number of fused-ring (bicyclic) bond motifs is 1. The maximum Gasteiger partial charge on any atom is 0.267 e. The minimum absolute atomic E-state index is 0.0409. The van der Waals surface area contributed by atoms with Crippen LogP contribution in [0.15, 0.2) is 36.4 Å². The second kappa shape index (κ2) is 9.29. The third kappa shape index (κ3) is 4.72. The first-order valence-corrected chi connectivity index (χ1v) is 11.0. The van der Waals surface area contributed by atoms with E-state index in [1.807, 2.05) is 30.3 Å². The summed E-state index contributed by atoms with van der Waals surface area (Å²) in [5.74, 6) is 0.462. The third-order valence-electron chi connectivity index (χ3n) is 6.30. The van der Waals surface area contributed by atoms with Gasteiger partial charge in [-0.1, -0.05) is 49.6 Å². The first-order chi connectivity index (χ1) is 14.2. The topological polar surface area (TPSA) is 63.1 Å². The van der Waals surface area contributed by atoms with E-state index in [4.69, 9.17) is 0 Å². The van der Waals surface area contributed by atoms with Crippen molar-refractivity contribution >= 4 is 11.8 Å². The third-order valence-corrected chi connectivity index (χ3v) is 6.30. The Morgan fingerprint density at radius 3 is 2.52 bits per heavy atom. The zero-order valence-corrected chi connectivity index (χ0v) is 17.1. The predicted molar refractivity (Wildman–Crippen MR) is 114 cm³/mol. The molecule has 1 aliphatic heterocycles. The summed E-state index contributed by atoms with van der Waals surface area (Å²) < 4.78 is 2.07. The SMILES string of the molecule is O=C(NCc1ccccc1)c1cc(C(=O)NCC2CCCCC2)n2c1CCCC2. The van der Waals surface area contributed by atoms with Gasteiger partial charge in [0.25, 0.3) is 11.8 Å². The second-order valence-corrected chi connectivity index (χ2v) is 8.38. The normalized spacial score (nSPS) is 16.8. The molecular formula is C24H31N3O2. The zero-order chi connectivity index (χ0) is 20.1. The van der Waals surface area contributed by atoms with Crippen LogP contribution in [0, 0.1) is 5.92 Å². The summed E-state index contributed by atoms with van der Waals surface area (Å²) in [6, 6.07) is 11.7. The molecule has 1 aromatic carbocycles. The second-order valence-electron chi connectivity index (χ2n) is 8.38. The van der Waals surface area contributed by atoms with Crippen molar-refractivity contribution in [2.75, 3.05) is 6.54 Å². The van der Waals surface area contributed by atoms with Crippen LogP contribution in [0.1, 0.15) is 77.0 Å². The van der Waals surface area contributed by atoms with Gasteiger partial charge < -0.3 is 15.2 Å². The maximum atomic E-state index is 12.9. The number of hydrogen-bond acceptors (Lipinski definition) is 2. The van der Waals surface area contributed by atoms with E-state index in [2.05, 4.69) is 15.2 Å². The quantitative estimate of drug-likeness (QED) is 0.777. The van der Waals surface area contributed by atoms with E-state index in [1.54, 1.807) is 6.07 Å². The number of carbonyl (C=O) groups is 2. The highest BCUT2D eigenvalue weighted by atomic mass is 16.2. The van der Waals surface area contributed by atoms with Crippen LogP contribution in [0.2, 0.25) is 0 Å². The van der Waals surface area contributed by atoms with Gasteiger partial charge in [0.15, 0.2) is 0 Å². The highest BCUT2D eigenvalue weighted by molar-refractivity contribution is 6.00. The van der Waals surface area contributed by atoms with Crippen LogP contribution in [-0.4, -0.2) is 22.9 Å². The van der Waals surface area contributed by atoms with Crippen LogP contribution in [0.25, 0.3) is 0 Å². The lowest BCUT2D eigenvalue weighted by molar-refractivity contribution is 0.0931. The van der Waals surface area contributed by atoms with Gasteiger partial charge in [-0.25, -0.2) is 0 Å². The van der Waals surface area contributed by atoms with Crippen molar-refractivity contribution in [1.82, 2.24) is 15.2 Å². The zero-order valence-electron chi connectivity index (χ0n) is 17.1. The Bertz CT molecular complexity index is 851. The standard InChI is InChI=1S/C24H31N3O2/c28-23(25-16-18-9-3-1-4-10-18)20-15-22(27-14-8-7-13-21(20)27)24(29)26-17-19-11-5-2-6-12-19/h1,3-4,9-10,15,19H,2,5-8,11-14,16-17H2,(H,25,28)(H,26,29). The van der Waals surface area contributed by atoms with Crippen LogP contribution in [-0.2, 0) is 19.5 Å². The van der Waals surface area contributed by atoms with E-state index in [0.29, 0.717) is 23.7 Å². The number of hydrogen-bond donors (Lipinski definition) is 2. The van der Waals surface area contributed by atoms with E-state index in [-0.39, 0.29) is 11.8 Å². The van der Waals surface area contributed by atoms with Crippen LogP contribution in [0.3, 0.4) is 0 Å². The molecule has 0 atom stereocenters. The number of rotatable bonds is 6. The fourth-order valence-electron chi connectivity index (χ4n) is 4.65. The van der Waals surface area contributed by atoms with E-state index >= 15 is 0 Å². The highest BCUT2D eigenvalue weighted by Gasteiger charge is 2.26. The van der Waals surface area contributed by atoms with Gasteiger partial charge in [-0.3, -0.25) is 9.59 Å². The lowest BCUT2D eigenvalue weighted by Crippen LogP contribution is -2.32. The van der Waals surface area contributed by atoms with Crippen molar-refractivity contribution in [3.05, 3.63) is 58.9 Å². The molecule has 0 unspecified atom stereocenters. The van der Waals surface area contributed by atoms with Gasteiger partial charge in [0.2, 0.25) is 0 Å². The molecule has 2 N–H and O–H groups in total. The molecule has 29 heavy (non-hydrogen) atoms. The minimum atomic E-state index is -0.0918. The first-order valence-electron chi connectivity index (χ1n) is 11.0. The Morgan fingerprint density at radius 1 is 0.931 bits per heavy atom. The molecule has 2 aromatic rings. The Kier molecular flexibility index (Phi) is 6.33. The van der Waals surface area contributed by atoms with E-state index in [0.717, 1.165) is 43.6 Å². The van der Waals surface area contributed by atoms with Crippen LogP contribution < -0.4 is 10.6 Å². The Hall–Kier alpha value is -2.56. The minimum Gasteiger partial charge on any atom is -0.350 e. The fraction of sp³-hybridized carbons (Fsp3) is 0.500. The molecule has 0 spiro atoms. The molecule has 2 amide bonds. The molecule has 1 fully saturated rings. The van der Waals surface area contributed by atoms with Gasteiger partial charge in [0.05, 0.1) is 5.56 Å². The highest BCUT2D eigenvalue weighted by Crippen LogP contribution is 2.25. The summed E-state index contributed by atoms with van der Waals surface area (Å²) in [5, 5.41) is 6.15. The Labute approximate surface area is 172 Å². The van der Waals surface area contributed by atoms with E-state index in [1.165, 1.54) is 32.1 Å². The van der Waals surface area contributed by atoms with Gasteiger partial charge >= 0.3 is 0 Å². The number of benzene rings is 1. The smallest absolute Gasteiger partial charge is 0.267 e. The molecule has 154 valence electrons. The molecule has 5 nitrogen and oxygen atoms in total. The summed E-state index contributed by atoms with van der Waals surface area (Å²) in [5.41, 5.74) is 3.37. The molecule has 4 rings (SSSR count). The van der Waals surface area contributed by atoms with Crippen molar-refractivity contribution in [1.29, 1.82) is 0 Å². The van der Waals surface area contributed by atoms with Crippen LogP contribution in [0.4, 0.5) is 0 Å². The molecule has 1 saturated carbocycles. The molecule has 0 bridgehead atoms. The number of nitrogens with one attached hydrogen (secondary N) is 2. The van der Waals surface area contributed by atoms with Gasteiger partial charge in [0.1, 0.15) is 5.69 Å². The van der Waals surface area contributed by atoms with Gasteiger partial charge in [-0.15, -0.1) is 0 Å². The molecule has 0 radical (unpaired) electrons. The van der Waals surface area contributed by atoms with E-state index in [9.17, 15) is 9.59 Å². The summed E-state index contributed by atoms with van der Waals surface area (Å²) in [7, 11) is 0. The number of amides is 2. The summed E-state index contributed by atoms with van der Waals surface area (Å²) in [6.07, 6.45) is 9.24. The van der Waals surface area contributed by atoms with Gasteiger partial charge in [0, 0.05) is 25.3 Å². The molecule has 1 aliphatic carbocycles. The van der Waals surface area contributed by atoms with Crippen molar-refractivity contribution in [2.24, 2.45) is 5.92 Å². The van der Waals surface area contributed by atoms with Gasteiger partial charge in [-0.05, 0) is 49.7 Å². The largest absolute Gasteiger partial charge is 0.350 e. The van der Waals surface area contributed by atoms with Crippen molar-refractivity contribution in [2.45, 2.75) is 64.5 Å².